The average Bonchev–Trinajstić information content (AvgIpc) is 3.52. The Morgan fingerprint density at radius 2 is 1.91 bits per heavy atom. The molecule has 2 N–H and O–H groups in total. The molecule has 1 fully saturated rings. The van der Waals surface area contributed by atoms with Crippen LogP contribution in [0.2, 0.25) is 0 Å². The molecule has 1 atom stereocenters. The highest BCUT2D eigenvalue weighted by Crippen LogP contribution is 2.29. The monoisotopic (exact) mass is 474 g/mol. The summed E-state index contributed by atoms with van der Waals surface area (Å²) in [5.74, 6) is 0.376. The summed E-state index contributed by atoms with van der Waals surface area (Å²) in [6.45, 7) is 2.36. The molecule has 2 heterocycles. The van der Waals surface area contributed by atoms with Crippen molar-refractivity contribution in [3.8, 4) is 11.4 Å². The summed E-state index contributed by atoms with van der Waals surface area (Å²) in [6.07, 6.45) is 1.98. The summed E-state index contributed by atoms with van der Waals surface area (Å²) in [6, 6.07) is 21.4. The number of carbonyl (C=O) groups is 1. The van der Waals surface area contributed by atoms with E-state index in [2.05, 4.69) is 15.3 Å². The molecule has 0 spiro atoms. The average molecular weight is 475 g/mol. The number of hydrogen-bond donors (Lipinski definition) is 2. The van der Waals surface area contributed by atoms with Gasteiger partial charge in [-0.3, -0.25) is 4.79 Å². The van der Waals surface area contributed by atoms with E-state index in [0.717, 1.165) is 17.5 Å². The third-order valence-corrected chi connectivity index (χ3v) is 8.12. The van der Waals surface area contributed by atoms with Crippen LogP contribution in [0.15, 0.2) is 77.7 Å². The van der Waals surface area contributed by atoms with E-state index >= 15 is 0 Å². The largest absolute Gasteiger partial charge is 0.338 e. The number of fused-ring (bicyclic) bond motifs is 1. The number of anilines is 1. The first-order chi connectivity index (χ1) is 16.5. The van der Waals surface area contributed by atoms with Crippen LogP contribution < -0.4 is 5.32 Å². The quantitative estimate of drug-likeness (QED) is 0.427. The van der Waals surface area contributed by atoms with Gasteiger partial charge in [0.15, 0.2) is 0 Å². The van der Waals surface area contributed by atoms with Gasteiger partial charge in [0.1, 0.15) is 11.9 Å². The fraction of sp³-hybridized carbons (Fsp3) is 0.231. The second-order valence-corrected chi connectivity index (χ2v) is 10.3. The van der Waals surface area contributed by atoms with E-state index < -0.39 is 16.1 Å². The number of aromatic nitrogens is 2. The van der Waals surface area contributed by atoms with Crippen LogP contribution in [-0.2, 0) is 21.2 Å². The molecule has 3 aromatic carbocycles. The molecule has 1 saturated heterocycles. The van der Waals surface area contributed by atoms with Crippen LogP contribution in [0.5, 0.6) is 0 Å². The topological polar surface area (TPSA) is 95.2 Å². The normalized spacial score (nSPS) is 16.7. The first-order valence-corrected chi connectivity index (χ1v) is 12.9. The van der Waals surface area contributed by atoms with Gasteiger partial charge in [-0.2, -0.15) is 4.31 Å². The smallest absolute Gasteiger partial charge is 0.243 e. The minimum atomic E-state index is -3.86. The van der Waals surface area contributed by atoms with E-state index in [1.807, 2.05) is 61.5 Å². The summed E-state index contributed by atoms with van der Waals surface area (Å²) >= 11 is 0. The van der Waals surface area contributed by atoms with E-state index in [4.69, 9.17) is 0 Å². The zero-order valence-electron chi connectivity index (χ0n) is 18.9. The van der Waals surface area contributed by atoms with E-state index in [1.165, 1.54) is 4.31 Å². The number of nitrogens with one attached hydrogen (secondary N) is 2. The number of amides is 1. The maximum atomic E-state index is 13.5. The van der Waals surface area contributed by atoms with Crippen molar-refractivity contribution in [1.82, 2.24) is 14.3 Å². The van der Waals surface area contributed by atoms with Gasteiger partial charge in [0, 0.05) is 17.8 Å². The Morgan fingerprint density at radius 3 is 2.71 bits per heavy atom. The highest BCUT2D eigenvalue weighted by molar-refractivity contribution is 7.89. The molecule has 0 radical (unpaired) electrons. The molecule has 8 heteroatoms. The number of sulfonamides is 1. The van der Waals surface area contributed by atoms with E-state index in [1.54, 1.807) is 18.2 Å². The molecule has 1 amide bonds. The third kappa shape index (κ3) is 4.22. The van der Waals surface area contributed by atoms with Crippen LogP contribution >= 0.6 is 0 Å². The molecule has 4 aromatic rings. The maximum absolute atomic E-state index is 13.5. The van der Waals surface area contributed by atoms with Gasteiger partial charge in [0.05, 0.1) is 15.9 Å². The van der Waals surface area contributed by atoms with Crippen molar-refractivity contribution in [2.75, 3.05) is 11.9 Å². The number of aromatic amines is 1. The summed E-state index contributed by atoms with van der Waals surface area (Å²) in [5, 5.41) is 2.90. The lowest BCUT2D eigenvalue weighted by Crippen LogP contribution is -2.43. The number of H-pyrrole nitrogens is 1. The second-order valence-electron chi connectivity index (χ2n) is 8.45. The maximum Gasteiger partial charge on any atom is 0.243 e. The SMILES string of the molecule is CCc1cccc(NC(=O)[C@H]2CCCN2S(=O)(=O)c2ccc3nc(-c4ccccc4)[nH]c3c2)c1. The highest BCUT2D eigenvalue weighted by Gasteiger charge is 2.39. The summed E-state index contributed by atoms with van der Waals surface area (Å²) in [7, 11) is -3.86. The Hall–Kier alpha value is -3.49. The van der Waals surface area contributed by atoms with Crippen molar-refractivity contribution in [3.63, 3.8) is 0 Å². The van der Waals surface area contributed by atoms with E-state index in [-0.39, 0.29) is 10.8 Å². The van der Waals surface area contributed by atoms with Crippen LogP contribution in [0, 0.1) is 0 Å². The van der Waals surface area contributed by atoms with Gasteiger partial charge in [0.2, 0.25) is 15.9 Å². The molecule has 34 heavy (non-hydrogen) atoms. The van der Waals surface area contributed by atoms with Gasteiger partial charge in [-0.25, -0.2) is 13.4 Å². The number of hydrogen-bond acceptors (Lipinski definition) is 4. The molecule has 0 saturated carbocycles. The highest BCUT2D eigenvalue weighted by atomic mass is 32.2. The summed E-state index contributed by atoms with van der Waals surface area (Å²) < 4.78 is 28.4. The molecule has 1 aliphatic rings. The predicted molar refractivity (Wildman–Crippen MR) is 133 cm³/mol. The number of rotatable bonds is 6. The summed E-state index contributed by atoms with van der Waals surface area (Å²) in [4.78, 5) is 21.0. The number of nitrogens with zero attached hydrogens (tertiary/aromatic N) is 2. The molecular weight excluding hydrogens is 448 g/mol. The van der Waals surface area contributed by atoms with Gasteiger partial charge in [-0.05, 0) is 55.2 Å². The van der Waals surface area contributed by atoms with Crippen molar-refractivity contribution in [2.24, 2.45) is 0 Å². The molecule has 174 valence electrons. The Bertz CT molecular complexity index is 1450. The Morgan fingerprint density at radius 1 is 1.09 bits per heavy atom. The zero-order valence-corrected chi connectivity index (χ0v) is 19.7. The molecular formula is C26H26N4O3S. The van der Waals surface area contributed by atoms with Crippen LogP contribution in [-0.4, -0.2) is 41.2 Å². The van der Waals surface area contributed by atoms with Gasteiger partial charge in [-0.1, -0.05) is 49.4 Å². The second kappa shape index (κ2) is 9.04. The van der Waals surface area contributed by atoms with Crippen molar-refractivity contribution in [1.29, 1.82) is 0 Å². The molecule has 1 aromatic heterocycles. The zero-order chi connectivity index (χ0) is 23.7. The molecule has 5 rings (SSSR count). The Balaban J connectivity index is 1.41. The van der Waals surface area contributed by atoms with E-state index in [9.17, 15) is 13.2 Å². The van der Waals surface area contributed by atoms with Crippen molar-refractivity contribution in [2.45, 2.75) is 37.1 Å². The van der Waals surface area contributed by atoms with Gasteiger partial charge >= 0.3 is 0 Å². The van der Waals surface area contributed by atoms with Crippen molar-refractivity contribution in [3.05, 3.63) is 78.4 Å². The molecule has 0 bridgehead atoms. The minimum Gasteiger partial charge on any atom is -0.338 e. The van der Waals surface area contributed by atoms with E-state index in [0.29, 0.717) is 41.9 Å². The van der Waals surface area contributed by atoms with Crippen molar-refractivity contribution < 1.29 is 13.2 Å². The lowest BCUT2D eigenvalue weighted by atomic mass is 10.1. The number of benzene rings is 3. The fourth-order valence-electron chi connectivity index (χ4n) is 4.40. The molecule has 0 aliphatic carbocycles. The van der Waals surface area contributed by atoms with Crippen LogP contribution in [0.4, 0.5) is 5.69 Å². The molecule has 1 aliphatic heterocycles. The Labute approximate surface area is 198 Å². The van der Waals surface area contributed by atoms with Crippen LogP contribution in [0.3, 0.4) is 0 Å². The first-order valence-electron chi connectivity index (χ1n) is 11.4. The van der Waals surface area contributed by atoms with Crippen molar-refractivity contribution >= 4 is 32.7 Å². The van der Waals surface area contributed by atoms with Gasteiger partial charge in [-0.15, -0.1) is 0 Å². The van der Waals surface area contributed by atoms with Crippen LogP contribution in [0.1, 0.15) is 25.3 Å². The number of imidazole rings is 1. The molecule has 7 nitrogen and oxygen atoms in total. The van der Waals surface area contributed by atoms with Gasteiger partial charge < -0.3 is 10.3 Å². The fourth-order valence-corrected chi connectivity index (χ4v) is 6.08. The Kier molecular flexibility index (Phi) is 5.93. The standard InChI is InChI=1S/C26H26N4O3S/c1-2-18-8-6-11-20(16-18)27-26(31)24-12-7-15-30(24)34(32,33)21-13-14-22-23(17-21)29-25(28-22)19-9-4-3-5-10-19/h3-6,8-11,13-14,16-17,24H,2,7,12,15H2,1H3,(H,27,31)(H,28,29)/t24-/m1/s1. The van der Waals surface area contributed by atoms with Gasteiger partial charge in [0.25, 0.3) is 0 Å². The first kappa shape index (κ1) is 22.3. The number of carbonyl (C=O) groups excluding carboxylic acids is 1. The third-order valence-electron chi connectivity index (χ3n) is 6.22. The molecule has 0 unspecified atom stereocenters. The predicted octanol–water partition coefficient (Wildman–Crippen LogP) is 4.58. The van der Waals surface area contributed by atoms with Crippen LogP contribution in [0.25, 0.3) is 22.4 Å². The number of aryl methyl sites for hydroxylation is 1. The lowest BCUT2D eigenvalue weighted by Gasteiger charge is -2.23. The minimum absolute atomic E-state index is 0.149. The lowest BCUT2D eigenvalue weighted by molar-refractivity contribution is -0.119. The summed E-state index contributed by atoms with van der Waals surface area (Å²) in [5.41, 5.74) is 4.03.